The van der Waals surface area contributed by atoms with E-state index in [1.165, 1.54) is 6.92 Å². The highest BCUT2D eigenvalue weighted by molar-refractivity contribution is 7.46. The molecule has 0 saturated heterocycles. The van der Waals surface area contributed by atoms with Gasteiger partial charge >= 0.3 is 0 Å². The number of nitrogens with one attached hydrogen (secondary N) is 1. The third kappa shape index (κ3) is 3.73. The van der Waals surface area contributed by atoms with Gasteiger partial charge in [0.05, 0.1) is 6.04 Å². The van der Waals surface area contributed by atoms with Crippen molar-refractivity contribution < 1.29 is 19.3 Å². The zero-order valence-corrected chi connectivity index (χ0v) is 10.1. The van der Waals surface area contributed by atoms with Gasteiger partial charge in [-0.05, 0) is 12.5 Å². The fourth-order valence-electron chi connectivity index (χ4n) is 1.22. The van der Waals surface area contributed by atoms with Gasteiger partial charge in [-0.3, -0.25) is 14.2 Å². The Balaban J connectivity index is 2.65. The molecule has 0 aliphatic heterocycles. The summed E-state index contributed by atoms with van der Waals surface area (Å²) in [5, 5.41) is 12.0. The molecule has 1 aromatic rings. The number of benzene rings is 1. The second-order valence-electron chi connectivity index (χ2n) is 3.47. The van der Waals surface area contributed by atoms with Crippen LogP contribution in [0.15, 0.2) is 30.3 Å². The molecule has 0 fully saturated rings. The van der Waals surface area contributed by atoms with Crippen LogP contribution in [0.25, 0.3) is 0 Å². The Bertz CT molecular complexity index is 421. The molecule has 2 N–H and O–H groups in total. The maximum Gasteiger partial charge on any atom is 0.254 e. The molecule has 0 aliphatic rings. The van der Waals surface area contributed by atoms with Gasteiger partial charge in [0.2, 0.25) is 14.0 Å². The molecule has 1 aromatic carbocycles. The van der Waals surface area contributed by atoms with E-state index in [2.05, 4.69) is 5.32 Å². The van der Waals surface area contributed by atoms with Gasteiger partial charge in [0, 0.05) is 0 Å². The summed E-state index contributed by atoms with van der Waals surface area (Å²) in [7, 11) is -0.658. The van der Waals surface area contributed by atoms with Gasteiger partial charge in [0.15, 0.2) is 6.10 Å². The first-order valence-electron chi connectivity index (χ1n) is 4.97. The highest BCUT2D eigenvalue weighted by Crippen LogP contribution is 2.12. The summed E-state index contributed by atoms with van der Waals surface area (Å²) in [5.74, 6) is -0.694. The summed E-state index contributed by atoms with van der Waals surface area (Å²) < 4.78 is 10.3. The van der Waals surface area contributed by atoms with E-state index in [0.717, 1.165) is 0 Å². The van der Waals surface area contributed by atoms with Crippen molar-refractivity contribution in [2.75, 3.05) is 0 Å². The molecule has 0 aliphatic carbocycles. The van der Waals surface area contributed by atoms with Crippen molar-refractivity contribution in [3.63, 3.8) is 0 Å². The van der Waals surface area contributed by atoms with E-state index in [0.29, 0.717) is 5.56 Å². The molecular formula is C11H12NO4P. The Kier molecular flexibility index (Phi) is 4.94. The number of aliphatic hydroxyl groups excluding tert-OH is 1. The summed E-state index contributed by atoms with van der Waals surface area (Å²) in [5.41, 5.74) is -0.206. The van der Waals surface area contributed by atoms with Gasteiger partial charge < -0.3 is 10.4 Å². The van der Waals surface area contributed by atoms with Gasteiger partial charge in [-0.1, -0.05) is 30.3 Å². The quantitative estimate of drug-likeness (QED) is 0.768. The Labute approximate surface area is 100 Å². The van der Waals surface area contributed by atoms with Crippen molar-refractivity contribution in [3.8, 4) is 0 Å². The molecule has 0 heterocycles. The molecule has 90 valence electrons. The van der Waals surface area contributed by atoms with E-state index in [4.69, 9.17) is 0 Å². The first-order chi connectivity index (χ1) is 8.06. The predicted octanol–water partition coefficient (Wildman–Crippen LogP) is 1.04. The minimum Gasteiger partial charge on any atom is -0.378 e. The van der Waals surface area contributed by atoms with Crippen LogP contribution < -0.4 is 5.32 Å². The van der Waals surface area contributed by atoms with Gasteiger partial charge in [-0.2, -0.15) is 0 Å². The van der Waals surface area contributed by atoms with Crippen LogP contribution in [0.3, 0.4) is 0 Å². The van der Waals surface area contributed by atoms with Gasteiger partial charge in [-0.15, -0.1) is 0 Å². The van der Waals surface area contributed by atoms with Crippen LogP contribution in [0.1, 0.15) is 18.6 Å². The largest absolute Gasteiger partial charge is 0.378 e. The maximum absolute atomic E-state index is 11.6. The van der Waals surface area contributed by atoms with Gasteiger partial charge in [-0.25, -0.2) is 0 Å². The van der Waals surface area contributed by atoms with Crippen molar-refractivity contribution in [2.45, 2.75) is 19.1 Å². The monoisotopic (exact) mass is 253 g/mol. The maximum atomic E-state index is 11.6. The summed E-state index contributed by atoms with van der Waals surface area (Å²) >= 11 is 0. The molecule has 0 bridgehead atoms. The molecule has 1 amide bonds. The number of aliphatic hydroxyl groups is 1. The number of hydrogen-bond donors (Lipinski definition) is 2. The standard InChI is InChI=1S/C11H12NO4P/c1-7(11(15)17-16)12-10(14)9(13)8-5-3-2-4-6-8/h2-7,9,13H,1H3,(H,12,14)/t7-,9-/m0/s1. The Morgan fingerprint density at radius 1 is 1.29 bits per heavy atom. The second-order valence-corrected chi connectivity index (χ2v) is 4.10. The minimum absolute atomic E-state index is 0.435. The predicted molar refractivity (Wildman–Crippen MR) is 61.6 cm³/mol. The van der Waals surface area contributed by atoms with Crippen molar-refractivity contribution in [3.05, 3.63) is 35.9 Å². The topological polar surface area (TPSA) is 83.5 Å². The van der Waals surface area contributed by atoms with E-state index >= 15 is 0 Å². The average Bonchev–Trinajstić information content (AvgIpc) is 2.37. The van der Waals surface area contributed by atoms with E-state index < -0.39 is 32.0 Å². The normalized spacial score (nSPS) is 14.0. The number of carbonyl (C=O) groups excluding carboxylic acids is 2. The van der Waals surface area contributed by atoms with Crippen molar-refractivity contribution in [1.29, 1.82) is 0 Å². The molecule has 2 atom stereocenters. The van der Waals surface area contributed by atoms with Crippen molar-refractivity contribution in [1.82, 2.24) is 5.32 Å². The highest BCUT2D eigenvalue weighted by Gasteiger charge is 2.21. The first-order valence-corrected chi connectivity index (χ1v) is 5.78. The third-order valence-corrected chi connectivity index (χ3v) is 2.75. The molecule has 5 nitrogen and oxygen atoms in total. The first kappa shape index (κ1) is 13.5. The van der Waals surface area contributed by atoms with E-state index in [1.807, 2.05) is 0 Å². The molecule has 0 aromatic heterocycles. The summed E-state index contributed by atoms with van der Waals surface area (Å²) in [6.45, 7) is 1.41. The Morgan fingerprint density at radius 2 is 1.88 bits per heavy atom. The molecule has 0 spiro atoms. The van der Waals surface area contributed by atoms with Crippen LogP contribution >= 0.6 is 8.46 Å². The molecule has 17 heavy (non-hydrogen) atoms. The summed E-state index contributed by atoms with van der Waals surface area (Å²) in [4.78, 5) is 22.5. The minimum atomic E-state index is -1.34. The lowest BCUT2D eigenvalue weighted by Crippen LogP contribution is -2.39. The van der Waals surface area contributed by atoms with Crippen molar-refractivity contribution >= 4 is 19.9 Å². The third-order valence-electron chi connectivity index (χ3n) is 2.18. The number of carbonyl (C=O) groups is 2. The van der Waals surface area contributed by atoms with Gasteiger partial charge in [0.1, 0.15) is 0 Å². The van der Waals surface area contributed by atoms with Crippen molar-refractivity contribution in [2.24, 2.45) is 0 Å². The highest BCUT2D eigenvalue weighted by atomic mass is 31.1. The average molecular weight is 253 g/mol. The number of hydrogen-bond acceptors (Lipinski definition) is 4. The molecule has 1 rings (SSSR count). The lowest BCUT2D eigenvalue weighted by atomic mass is 10.1. The SMILES string of the molecule is C[C@H](NC(=O)[C@@H](O)c1ccccc1)C(=O)P=O. The van der Waals surface area contributed by atoms with Crippen LogP contribution in [0.4, 0.5) is 0 Å². The van der Waals surface area contributed by atoms with Crippen LogP contribution in [0.5, 0.6) is 0 Å². The van der Waals surface area contributed by atoms with E-state index in [9.17, 15) is 19.3 Å². The fourth-order valence-corrected chi connectivity index (χ4v) is 1.44. The smallest absolute Gasteiger partial charge is 0.254 e. The zero-order chi connectivity index (χ0) is 12.8. The lowest BCUT2D eigenvalue weighted by molar-refractivity contribution is -0.131. The molecular weight excluding hydrogens is 241 g/mol. The number of amides is 1. The van der Waals surface area contributed by atoms with Crippen LogP contribution in [-0.2, 0) is 14.2 Å². The molecule has 6 heteroatoms. The molecule has 0 saturated carbocycles. The van der Waals surface area contributed by atoms with E-state index in [1.54, 1.807) is 30.3 Å². The summed E-state index contributed by atoms with van der Waals surface area (Å²) in [6, 6.07) is 7.45. The molecule has 0 radical (unpaired) electrons. The summed E-state index contributed by atoms with van der Waals surface area (Å²) in [6.07, 6.45) is -1.34. The van der Waals surface area contributed by atoms with E-state index in [-0.39, 0.29) is 0 Å². The zero-order valence-electron chi connectivity index (χ0n) is 9.16. The van der Waals surface area contributed by atoms with Gasteiger partial charge in [0.25, 0.3) is 5.91 Å². The van der Waals surface area contributed by atoms with Crippen LogP contribution in [0.2, 0.25) is 0 Å². The number of rotatable bonds is 5. The lowest BCUT2D eigenvalue weighted by Gasteiger charge is -2.14. The fraction of sp³-hybridized carbons (Fsp3) is 0.273. The molecule has 0 unspecified atom stereocenters. The van der Waals surface area contributed by atoms with Crippen LogP contribution in [-0.4, -0.2) is 22.6 Å². The Morgan fingerprint density at radius 3 is 2.41 bits per heavy atom. The second kappa shape index (κ2) is 6.23. The Hall–Kier alpha value is -1.58. The van der Waals surface area contributed by atoms with Crippen LogP contribution in [0, 0.1) is 0 Å².